The van der Waals surface area contributed by atoms with Gasteiger partial charge in [-0.2, -0.15) is 0 Å². The van der Waals surface area contributed by atoms with Crippen molar-refractivity contribution < 1.29 is 4.79 Å². The van der Waals surface area contributed by atoms with E-state index < -0.39 is 0 Å². The number of para-hydroxylation sites is 1. The number of nitrogens with zero attached hydrogens (tertiary/aromatic N) is 2. The smallest absolute Gasteiger partial charge is 0.176 e. The second-order valence-electron chi connectivity index (χ2n) is 5.64. The molecule has 1 aromatic heterocycles. The molecule has 0 saturated heterocycles. The zero-order valence-electron chi connectivity index (χ0n) is 13.4. The largest absolute Gasteiger partial charge is 0.293 e. The first-order valence-corrected chi connectivity index (χ1v) is 8.42. The van der Waals surface area contributed by atoms with Gasteiger partial charge in [0.15, 0.2) is 5.78 Å². The molecule has 116 valence electrons. The van der Waals surface area contributed by atoms with Gasteiger partial charge in [-0.1, -0.05) is 47.7 Å². The molecule has 0 aliphatic heterocycles. The van der Waals surface area contributed by atoms with Gasteiger partial charge in [0.2, 0.25) is 0 Å². The van der Waals surface area contributed by atoms with Crippen LogP contribution >= 0.6 is 11.8 Å². The predicted molar refractivity (Wildman–Crippen MR) is 95.1 cm³/mol. The number of hydrogen-bond acceptors (Lipinski definition) is 4. The normalized spacial score (nSPS) is 12.3. The van der Waals surface area contributed by atoms with E-state index in [1.165, 1.54) is 11.8 Å². The molecule has 0 bridgehead atoms. The molecule has 0 fully saturated rings. The van der Waals surface area contributed by atoms with Crippen molar-refractivity contribution in [1.82, 2.24) is 9.97 Å². The van der Waals surface area contributed by atoms with E-state index in [-0.39, 0.29) is 11.0 Å². The van der Waals surface area contributed by atoms with Gasteiger partial charge in [0, 0.05) is 10.9 Å². The summed E-state index contributed by atoms with van der Waals surface area (Å²) in [6.07, 6.45) is 1.56. The molecule has 23 heavy (non-hydrogen) atoms. The van der Waals surface area contributed by atoms with Crippen LogP contribution in [-0.2, 0) is 0 Å². The van der Waals surface area contributed by atoms with Crippen molar-refractivity contribution in [3.63, 3.8) is 0 Å². The average Bonchev–Trinajstić information content (AvgIpc) is 2.56. The fraction of sp³-hybridized carbons (Fsp3) is 0.211. The van der Waals surface area contributed by atoms with Crippen molar-refractivity contribution in [2.75, 3.05) is 0 Å². The number of rotatable bonds is 4. The van der Waals surface area contributed by atoms with Crippen LogP contribution in [0.25, 0.3) is 10.9 Å². The Hall–Kier alpha value is -2.20. The molecular weight excluding hydrogens is 304 g/mol. The van der Waals surface area contributed by atoms with Gasteiger partial charge < -0.3 is 0 Å². The molecule has 0 radical (unpaired) electrons. The number of carbonyl (C=O) groups excluding carboxylic acids is 1. The third-order valence-electron chi connectivity index (χ3n) is 3.82. The van der Waals surface area contributed by atoms with E-state index in [0.717, 1.165) is 32.6 Å². The van der Waals surface area contributed by atoms with Crippen LogP contribution in [0, 0.1) is 13.8 Å². The number of ketones is 1. The first-order valence-electron chi connectivity index (χ1n) is 7.54. The maximum absolute atomic E-state index is 12.8. The molecular formula is C19H18N2OS. The van der Waals surface area contributed by atoms with Crippen molar-refractivity contribution >= 4 is 28.4 Å². The molecule has 2 aromatic carbocycles. The Morgan fingerprint density at radius 2 is 1.87 bits per heavy atom. The van der Waals surface area contributed by atoms with E-state index in [0.29, 0.717) is 0 Å². The Balaban J connectivity index is 1.90. The van der Waals surface area contributed by atoms with E-state index in [1.54, 1.807) is 6.33 Å². The number of aromatic nitrogens is 2. The predicted octanol–water partition coefficient (Wildman–Crippen LogP) is 4.61. The number of Topliss-reactive ketones (excluding diaryl/α,β-unsaturated/α-hetero) is 1. The third-order valence-corrected chi connectivity index (χ3v) is 4.94. The second kappa shape index (κ2) is 6.50. The van der Waals surface area contributed by atoms with Gasteiger partial charge in [0.1, 0.15) is 11.4 Å². The summed E-state index contributed by atoms with van der Waals surface area (Å²) in [5.74, 6) is 0.138. The Morgan fingerprint density at radius 3 is 2.70 bits per heavy atom. The van der Waals surface area contributed by atoms with E-state index in [2.05, 4.69) is 9.97 Å². The lowest BCUT2D eigenvalue weighted by molar-refractivity contribution is 0.0993. The SMILES string of the molecule is Cc1ccc(C)c(C(=O)[C@H](C)Sc2ncnc3ccccc23)c1. The number of benzene rings is 2. The second-order valence-corrected chi connectivity index (χ2v) is 6.97. The van der Waals surface area contributed by atoms with Crippen molar-refractivity contribution in [2.45, 2.75) is 31.0 Å². The van der Waals surface area contributed by atoms with Crippen LogP contribution in [0.3, 0.4) is 0 Å². The maximum Gasteiger partial charge on any atom is 0.176 e. The highest BCUT2D eigenvalue weighted by Crippen LogP contribution is 2.30. The fourth-order valence-electron chi connectivity index (χ4n) is 2.52. The Morgan fingerprint density at radius 1 is 1.09 bits per heavy atom. The summed E-state index contributed by atoms with van der Waals surface area (Å²) >= 11 is 1.49. The van der Waals surface area contributed by atoms with Crippen molar-refractivity contribution in [3.8, 4) is 0 Å². The minimum Gasteiger partial charge on any atom is -0.293 e. The average molecular weight is 322 g/mol. The number of carbonyl (C=O) groups is 1. The van der Waals surface area contributed by atoms with Gasteiger partial charge in [0.25, 0.3) is 0 Å². The van der Waals surface area contributed by atoms with E-state index in [1.807, 2.05) is 63.2 Å². The van der Waals surface area contributed by atoms with Crippen LogP contribution in [0.5, 0.6) is 0 Å². The van der Waals surface area contributed by atoms with E-state index >= 15 is 0 Å². The molecule has 3 nitrogen and oxygen atoms in total. The highest BCUT2D eigenvalue weighted by molar-refractivity contribution is 8.00. The zero-order chi connectivity index (χ0) is 16.4. The van der Waals surface area contributed by atoms with E-state index in [9.17, 15) is 4.79 Å². The molecule has 1 atom stereocenters. The number of hydrogen-bond donors (Lipinski definition) is 0. The van der Waals surface area contributed by atoms with Gasteiger partial charge in [-0.25, -0.2) is 9.97 Å². The van der Waals surface area contributed by atoms with E-state index in [4.69, 9.17) is 0 Å². The first kappa shape index (κ1) is 15.7. The molecule has 0 amide bonds. The molecule has 3 aromatic rings. The Bertz CT molecular complexity index is 871. The molecule has 0 aliphatic rings. The highest BCUT2D eigenvalue weighted by atomic mass is 32.2. The lowest BCUT2D eigenvalue weighted by Crippen LogP contribution is -2.15. The third kappa shape index (κ3) is 3.27. The molecule has 0 aliphatic carbocycles. The molecule has 0 N–H and O–H groups in total. The van der Waals surface area contributed by atoms with Crippen LogP contribution in [0.1, 0.15) is 28.4 Å². The van der Waals surface area contributed by atoms with Gasteiger partial charge in [-0.3, -0.25) is 4.79 Å². The fourth-order valence-corrected chi connectivity index (χ4v) is 3.49. The lowest BCUT2D eigenvalue weighted by atomic mass is 10.0. The van der Waals surface area contributed by atoms with Crippen molar-refractivity contribution in [3.05, 3.63) is 65.5 Å². The van der Waals surface area contributed by atoms with Gasteiger partial charge in [0.05, 0.1) is 10.8 Å². The Kier molecular flexibility index (Phi) is 4.44. The summed E-state index contributed by atoms with van der Waals surface area (Å²) in [6.45, 7) is 5.92. The number of thioether (sulfide) groups is 1. The zero-order valence-corrected chi connectivity index (χ0v) is 14.2. The van der Waals surface area contributed by atoms with Crippen LogP contribution in [0.4, 0.5) is 0 Å². The standard InChI is InChI=1S/C19H18N2OS/c1-12-8-9-13(2)16(10-12)18(22)14(3)23-19-15-6-4-5-7-17(15)20-11-21-19/h4-11,14H,1-3H3/t14-/m0/s1. The van der Waals surface area contributed by atoms with Crippen LogP contribution in [-0.4, -0.2) is 21.0 Å². The lowest BCUT2D eigenvalue weighted by Gasteiger charge is -2.13. The quantitative estimate of drug-likeness (QED) is 0.400. The van der Waals surface area contributed by atoms with Gasteiger partial charge in [-0.05, 0) is 38.5 Å². The number of aryl methyl sites for hydroxylation is 2. The number of fused-ring (bicyclic) bond motifs is 1. The molecule has 3 rings (SSSR count). The minimum atomic E-state index is -0.200. The summed E-state index contributed by atoms with van der Waals surface area (Å²) in [6, 6.07) is 13.9. The van der Waals surface area contributed by atoms with Crippen molar-refractivity contribution in [1.29, 1.82) is 0 Å². The molecule has 0 saturated carbocycles. The molecule has 0 spiro atoms. The maximum atomic E-state index is 12.8. The van der Waals surface area contributed by atoms with Crippen LogP contribution in [0.2, 0.25) is 0 Å². The summed E-state index contributed by atoms with van der Waals surface area (Å²) in [5, 5.41) is 1.64. The van der Waals surface area contributed by atoms with Crippen molar-refractivity contribution in [2.24, 2.45) is 0 Å². The molecule has 0 unspecified atom stereocenters. The van der Waals surface area contributed by atoms with Crippen LogP contribution < -0.4 is 0 Å². The van der Waals surface area contributed by atoms with Gasteiger partial charge >= 0.3 is 0 Å². The molecule has 1 heterocycles. The minimum absolute atomic E-state index is 0.138. The topological polar surface area (TPSA) is 42.9 Å². The highest BCUT2D eigenvalue weighted by Gasteiger charge is 2.20. The van der Waals surface area contributed by atoms with Crippen LogP contribution in [0.15, 0.2) is 53.8 Å². The molecule has 4 heteroatoms. The summed E-state index contributed by atoms with van der Waals surface area (Å²) in [7, 11) is 0. The summed E-state index contributed by atoms with van der Waals surface area (Å²) < 4.78 is 0. The van der Waals surface area contributed by atoms with Gasteiger partial charge in [-0.15, -0.1) is 0 Å². The summed E-state index contributed by atoms with van der Waals surface area (Å²) in [4.78, 5) is 21.4. The monoisotopic (exact) mass is 322 g/mol. The Labute approximate surface area is 140 Å². The summed E-state index contributed by atoms with van der Waals surface area (Å²) in [5.41, 5.74) is 3.81. The first-order chi connectivity index (χ1) is 11.1.